The van der Waals surface area contributed by atoms with Crippen LogP contribution in [0.3, 0.4) is 0 Å². The molecule has 1 aliphatic rings. The van der Waals surface area contributed by atoms with Crippen molar-refractivity contribution in [3.63, 3.8) is 0 Å². The van der Waals surface area contributed by atoms with Gasteiger partial charge in [0.1, 0.15) is 5.75 Å². The van der Waals surface area contributed by atoms with E-state index >= 15 is 0 Å². The number of anilines is 3. The van der Waals surface area contributed by atoms with E-state index in [1.807, 2.05) is 24.3 Å². The molecule has 2 aromatic carbocycles. The zero-order chi connectivity index (χ0) is 23.1. The van der Waals surface area contributed by atoms with Crippen LogP contribution in [0.15, 0.2) is 42.5 Å². The molecule has 172 valence electrons. The van der Waals surface area contributed by atoms with Crippen LogP contribution in [0.2, 0.25) is 0 Å². The second-order valence-corrected chi connectivity index (χ2v) is 8.78. The van der Waals surface area contributed by atoms with Crippen molar-refractivity contribution in [1.82, 2.24) is 5.32 Å². The van der Waals surface area contributed by atoms with Gasteiger partial charge in [0.05, 0.1) is 18.4 Å². The molecule has 0 bridgehead atoms. The van der Waals surface area contributed by atoms with Crippen LogP contribution in [0.25, 0.3) is 0 Å². The maximum absolute atomic E-state index is 13.0. The Morgan fingerprint density at radius 3 is 2.50 bits per heavy atom. The van der Waals surface area contributed by atoms with Crippen LogP contribution >= 0.6 is 0 Å². The lowest BCUT2D eigenvalue weighted by Crippen LogP contribution is -2.35. The first kappa shape index (κ1) is 23.4. The number of carbonyl (C=O) groups is 2. The summed E-state index contributed by atoms with van der Waals surface area (Å²) in [4.78, 5) is 27.9. The van der Waals surface area contributed by atoms with Gasteiger partial charge in [-0.25, -0.2) is 4.79 Å². The topological polar surface area (TPSA) is 82.7 Å². The molecule has 0 saturated carbocycles. The lowest BCUT2D eigenvalue weighted by molar-refractivity contribution is 0.0949. The van der Waals surface area contributed by atoms with Crippen molar-refractivity contribution in [3.8, 4) is 5.75 Å². The molecular weight excluding hydrogens is 404 g/mol. The van der Waals surface area contributed by atoms with Crippen LogP contribution in [0.1, 0.15) is 44.0 Å². The van der Waals surface area contributed by atoms with Gasteiger partial charge < -0.3 is 25.6 Å². The van der Waals surface area contributed by atoms with Crippen molar-refractivity contribution < 1.29 is 14.3 Å². The van der Waals surface area contributed by atoms with Crippen molar-refractivity contribution in [3.05, 3.63) is 48.0 Å². The number of urea groups is 1. The highest BCUT2D eigenvalue weighted by atomic mass is 16.5. The second kappa shape index (κ2) is 10.9. The molecule has 1 heterocycles. The third-order valence-electron chi connectivity index (χ3n) is 5.65. The van der Waals surface area contributed by atoms with Gasteiger partial charge in [0.2, 0.25) is 0 Å². The lowest BCUT2D eigenvalue weighted by atomic mass is 9.97. The van der Waals surface area contributed by atoms with Crippen molar-refractivity contribution in [1.29, 1.82) is 0 Å². The Labute approximate surface area is 190 Å². The molecule has 0 atom stereocenters. The summed E-state index contributed by atoms with van der Waals surface area (Å²) in [6.07, 6.45) is 2.21. The summed E-state index contributed by atoms with van der Waals surface area (Å²) in [5.41, 5.74) is 2.62. The van der Waals surface area contributed by atoms with Gasteiger partial charge in [-0.05, 0) is 55.0 Å². The second-order valence-electron chi connectivity index (χ2n) is 8.78. The average Bonchev–Trinajstić information content (AvgIpc) is 2.78. The molecule has 32 heavy (non-hydrogen) atoms. The number of nitrogens with one attached hydrogen (secondary N) is 3. The van der Waals surface area contributed by atoms with Crippen molar-refractivity contribution in [2.45, 2.75) is 33.6 Å². The molecule has 0 spiro atoms. The number of carbonyl (C=O) groups excluding carboxylic acids is 2. The first-order chi connectivity index (χ1) is 15.4. The van der Waals surface area contributed by atoms with Crippen LogP contribution < -0.4 is 25.6 Å². The van der Waals surface area contributed by atoms with Crippen molar-refractivity contribution in [2.75, 3.05) is 42.3 Å². The van der Waals surface area contributed by atoms with E-state index in [9.17, 15) is 9.59 Å². The van der Waals surface area contributed by atoms with Gasteiger partial charge in [0.25, 0.3) is 5.91 Å². The number of ether oxygens (including phenoxy) is 1. The van der Waals surface area contributed by atoms with E-state index in [1.165, 1.54) is 0 Å². The van der Waals surface area contributed by atoms with Gasteiger partial charge in [-0.3, -0.25) is 4.79 Å². The standard InChI is InChI=1S/C25H34N4O3/c1-17(2)16-26-24(30)20-15-19(9-10-22(20)29-13-11-18(3)12-14-29)27-25(31)28-21-7-5-6-8-23(21)32-4/h5-10,15,17-18H,11-14,16H2,1-4H3,(H,26,30)(H2,27,28,31). The van der Waals surface area contributed by atoms with Crippen LogP contribution in [-0.2, 0) is 0 Å². The molecule has 1 fully saturated rings. The average molecular weight is 439 g/mol. The molecule has 1 saturated heterocycles. The third kappa shape index (κ3) is 6.15. The largest absolute Gasteiger partial charge is 0.495 e. The summed E-state index contributed by atoms with van der Waals surface area (Å²) >= 11 is 0. The summed E-state index contributed by atoms with van der Waals surface area (Å²) in [6.45, 7) is 8.84. The fourth-order valence-corrected chi connectivity index (χ4v) is 3.75. The Kier molecular flexibility index (Phi) is 7.98. The summed E-state index contributed by atoms with van der Waals surface area (Å²) in [7, 11) is 1.56. The van der Waals surface area contributed by atoms with Gasteiger partial charge >= 0.3 is 6.03 Å². The molecule has 0 aromatic heterocycles. The van der Waals surface area contributed by atoms with Crippen LogP contribution in [0.4, 0.5) is 21.9 Å². The number of rotatable bonds is 7. The van der Waals surface area contributed by atoms with Crippen LogP contribution in [0, 0.1) is 11.8 Å². The van der Waals surface area contributed by atoms with E-state index in [-0.39, 0.29) is 5.91 Å². The molecular formula is C25H34N4O3. The normalized spacial score (nSPS) is 14.2. The number of nitrogens with zero attached hydrogens (tertiary/aromatic N) is 1. The molecule has 7 nitrogen and oxygen atoms in total. The van der Waals surface area contributed by atoms with E-state index < -0.39 is 6.03 Å². The zero-order valence-corrected chi connectivity index (χ0v) is 19.4. The van der Waals surface area contributed by atoms with E-state index in [2.05, 4.69) is 41.6 Å². The summed E-state index contributed by atoms with van der Waals surface area (Å²) < 4.78 is 5.28. The number of benzene rings is 2. The molecule has 2 aromatic rings. The minimum absolute atomic E-state index is 0.124. The van der Waals surface area contributed by atoms with E-state index in [0.717, 1.165) is 31.6 Å². The Balaban J connectivity index is 1.79. The smallest absolute Gasteiger partial charge is 0.323 e. The van der Waals surface area contributed by atoms with Crippen molar-refractivity contribution >= 4 is 29.0 Å². The molecule has 7 heteroatoms. The molecule has 3 amide bonds. The van der Waals surface area contributed by atoms with E-state index in [1.54, 1.807) is 25.3 Å². The van der Waals surface area contributed by atoms with Gasteiger partial charge in [-0.1, -0.05) is 32.9 Å². The summed E-state index contributed by atoms with van der Waals surface area (Å²) in [5.74, 6) is 1.50. The highest BCUT2D eigenvalue weighted by molar-refractivity contribution is 6.04. The van der Waals surface area contributed by atoms with Gasteiger partial charge in [0.15, 0.2) is 0 Å². The Hall–Kier alpha value is -3.22. The van der Waals surface area contributed by atoms with E-state index in [0.29, 0.717) is 41.1 Å². The highest BCUT2D eigenvalue weighted by Crippen LogP contribution is 2.29. The molecule has 0 radical (unpaired) electrons. The van der Waals surface area contributed by atoms with Crippen LogP contribution in [0.5, 0.6) is 5.75 Å². The maximum atomic E-state index is 13.0. The number of piperidine rings is 1. The number of methoxy groups -OCH3 is 1. The molecule has 0 unspecified atom stereocenters. The third-order valence-corrected chi connectivity index (χ3v) is 5.65. The van der Waals surface area contributed by atoms with Gasteiger partial charge in [-0.2, -0.15) is 0 Å². The number of hydrogen-bond acceptors (Lipinski definition) is 4. The Morgan fingerprint density at radius 1 is 1.09 bits per heavy atom. The molecule has 3 N–H and O–H groups in total. The van der Waals surface area contributed by atoms with Crippen molar-refractivity contribution in [2.24, 2.45) is 11.8 Å². The van der Waals surface area contributed by atoms with Crippen LogP contribution in [-0.4, -0.2) is 38.7 Å². The first-order valence-electron chi connectivity index (χ1n) is 11.3. The lowest BCUT2D eigenvalue weighted by Gasteiger charge is -2.33. The first-order valence-corrected chi connectivity index (χ1v) is 11.3. The number of para-hydroxylation sites is 2. The predicted octanol–water partition coefficient (Wildman–Crippen LogP) is 4.96. The number of amides is 3. The maximum Gasteiger partial charge on any atom is 0.323 e. The monoisotopic (exact) mass is 438 g/mol. The molecule has 1 aliphatic heterocycles. The minimum atomic E-state index is -0.400. The van der Waals surface area contributed by atoms with Gasteiger partial charge in [0, 0.05) is 31.0 Å². The Morgan fingerprint density at radius 2 is 1.81 bits per heavy atom. The minimum Gasteiger partial charge on any atom is -0.495 e. The predicted molar refractivity (Wildman–Crippen MR) is 130 cm³/mol. The quantitative estimate of drug-likeness (QED) is 0.570. The summed E-state index contributed by atoms with van der Waals surface area (Å²) in [6, 6.07) is 12.3. The fourth-order valence-electron chi connectivity index (χ4n) is 3.75. The highest BCUT2D eigenvalue weighted by Gasteiger charge is 2.22. The fraction of sp³-hybridized carbons (Fsp3) is 0.440. The SMILES string of the molecule is COc1ccccc1NC(=O)Nc1ccc(N2CCC(C)CC2)c(C(=O)NCC(C)C)c1. The Bertz CT molecular complexity index is 937. The number of hydrogen-bond donors (Lipinski definition) is 3. The van der Waals surface area contributed by atoms with E-state index in [4.69, 9.17) is 4.74 Å². The summed E-state index contributed by atoms with van der Waals surface area (Å²) in [5, 5.41) is 8.64. The zero-order valence-electron chi connectivity index (χ0n) is 19.4. The molecule has 3 rings (SSSR count). The molecule has 0 aliphatic carbocycles. The van der Waals surface area contributed by atoms with Gasteiger partial charge in [-0.15, -0.1) is 0 Å².